The van der Waals surface area contributed by atoms with E-state index in [4.69, 9.17) is 10.5 Å². The van der Waals surface area contributed by atoms with Gasteiger partial charge in [-0.25, -0.2) is 0 Å². The molecule has 14 heavy (non-hydrogen) atoms. The molecule has 1 unspecified atom stereocenters. The summed E-state index contributed by atoms with van der Waals surface area (Å²) in [5.41, 5.74) is 6.05. The molecule has 0 saturated heterocycles. The van der Waals surface area contributed by atoms with E-state index in [1.807, 2.05) is 0 Å². The van der Waals surface area contributed by atoms with Crippen LogP contribution in [0.2, 0.25) is 0 Å². The average Bonchev–Trinajstić information content (AvgIpc) is 2.98. The van der Waals surface area contributed by atoms with Gasteiger partial charge < -0.3 is 10.5 Å². The first-order valence-electron chi connectivity index (χ1n) is 5.61. The highest BCUT2D eigenvalue weighted by Crippen LogP contribution is 2.42. The molecule has 1 aliphatic carbocycles. The Kier molecular flexibility index (Phi) is 4.35. The maximum atomic E-state index is 5.94. The summed E-state index contributed by atoms with van der Waals surface area (Å²) in [5, 5.41) is 0. The molecule has 0 aromatic heterocycles. The second kappa shape index (κ2) is 5.10. The van der Waals surface area contributed by atoms with Crippen molar-refractivity contribution in [2.75, 3.05) is 33.9 Å². The number of methoxy groups -OCH3 is 1. The Hall–Kier alpha value is -0.120. The minimum absolute atomic E-state index is 0.102. The normalized spacial score (nSPS) is 21.2. The van der Waals surface area contributed by atoms with Crippen molar-refractivity contribution >= 4 is 0 Å². The zero-order valence-electron chi connectivity index (χ0n) is 9.75. The summed E-state index contributed by atoms with van der Waals surface area (Å²) < 4.78 is 5.35. The highest BCUT2D eigenvalue weighted by atomic mass is 16.5. The van der Waals surface area contributed by atoms with Gasteiger partial charge in [-0.15, -0.1) is 0 Å². The number of rotatable bonds is 7. The second-order valence-corrected chi connectivity index (χ2v) is 4.44. The molecule has 0 aliphatic heterocycles. The van der Waals surface area contributed by atoms with E-state index in [-0.39, 0.29) is 5.54 Å². The molecule has 3 nitrogen and oxygen atoms in total. The first-order chi connectivity index (χ1) is 6.71. The molecular formula is C11H24N2O. The van der Waals surface area contributed by atoms with E-state index in [0.29, 0.717) is 6.54 Å². The highest BCUT2D eigenvalue weighted by molar-refractivity contribution is 5.02. The molecule has 0 radical (unpaired) electrons. The maximum Gasteiger partial charge on any atom is 0.0661 e. The molecule has 1 atom stereocenters. The third kappa shape index (κ3) is 2.27. The van der Waals surface area contributed by atoms with Gasteiger partial charge in [0, 0.05) is 13.7 Å². The van der Waals surface area contributed by atoms with E-state index in [2.05, 4.69) is 18.9 Å². The van der Waals surface area contributed by atoms with Crippen LogP contribution in [0, 0.1) is 5.92 Å². The molecule has 0 bridgehead atoms. The van der Waals surface area contributed by atoms with Gasteiger partial charge in [-0.2, -0.15) is 0 Å². The molecule has 84 valence electrons. The SMILES string of the molecule is CCCN(C)C(CN)(COC)C1CC1. The van der Waals surface area contributed by atoms with Crippen molar-refractivity contribution in [2.45, 2.75) is 31.7 Å². The van der Waals surface area contributed by atoms with Crippen LogP contribution in [0.3, 0.4) is 0 Å². The molecule has 0 amide bonds. The smallest absolute Gasteiger partial charge is 0.0661 e. The summed E-state index contributed by atoms with van der Waals surface area (Å²) in [7, 11) is 3.94. The molecule has 0 heterocycles. The number of nitrogens with two attached hydrogens (primary N) is 1. The summed E-state index contributed by atoms with van der Waals surface area (Å²) in [6, 6.07) is 0. The van der Waals surface area contributed by atoms with Gasteiger partial charge in [0.1, 0.15) is 0 Å². The van der Waals surface area contributed by atoms with E-state index in [0.717, 1.165) is 19.1 Å². The number of likely N-dealkylation sites (N-methyl/N-ethyl adjacent to an activating group) is 1. The average molecular weight is 200 g/mol. The summed E-state index contributed by atoms with van der Waals surface area (Å²) in [6.45, 7) is 4.79. The monoisotopic (exact) mass is 200 g/mol. The van der Waals surface area contributed by atoms with Gasteiger partial charge in [0.05, 0.1) is 12.1 Å². The lowest BCUT2D eigenvalue weighted by atomic mass is 9.92. The van der Waals surface area contributed by atoms with Crippen molar-refractivity contribution < 1.29 is 4.74 Å². The molecule has 0 spiro atoms. The number of hydrogen-bond acceptors (Lipinski definition) is 3. The summed E-state index contributed by atoms with van der Waals surface area (Å²) in [6.07, 6.45) is 3.80. The molecule has 3 heteroatoms. The van der Waals surface area contributed by atoms with E-state index in [1.54, 1.807) is 7.11 Å². The third-order valence-corrected chi connectivity index (χ3v) is 3.40. The van der Waals surface area contributed by atoms with Crippen LogP contribution in [0.25, 0.3) is 0 Å². The molecule has 1 fully saturated rings. The number of hydrogen-bond donors (Lipinski definition) is 1. The van der Waals surface area contributed by atoms with Crippen LogP contribution in [0.4, 0.5) is 0 Å². The van der Waals surface area contributed by atoms with Crippen molar-refractivity contribution in [3.05, 3.63) is 0 Å². The van der Waals surface area contributed by atoms with Crippen LogP contribution in [-0.4, -0.2) is 44.3 Å². The summed E-state index contributed by atoms with van der Waals surface area (Å²) in [4.78, 5) is 2.40. The zero-order chi connectivity index (χ0) is 10.6. The standard InChI is InChI=1S/C11H24N2O/c1-4-7-13(2)11(8-12,9-14-3)10-5-6-10/h10H,4-9,12H2,1-3H3. The van der Waals surface area contributed by atoms with Crippen LogP contribution in [0.1, 0.15) is 26.2 Å². The number of nitrogens with zero attached hydrogens (tertiary/aromatic N) is 1. The largest absolute Gasteiger partial charge is 0.383 e. The van der Waals surface area contributed by atoms with E-state index in [1.165, 1.54) is 19.3 Å². The van der Waals surface area contributed by atoms with Crippen LogP contribution >= 0.6 is 0 Å². The van der Waals surface area contributed by atoms with Gasteiger partial charge in [-0.05, 0) is 38.8 Å². The van der Waals surface area contributed by atoms with Crippen LogP contribution in [0.5, 0.6) is 0 Å². The van der Waals surface area contributed by atoms with E-state index < -0.39 is 0 Å². The Morgan fingerprint density at radius 1 is 1.50 bits per heavy atom. The first-order valence-corrected chi connectivity index (χ1v) is 5.61. The first kappa shape index (κ1) is 12.0. The highest BCUT2D eigenvalue weighted by Gasteiger charge is 2.46. The van der Waals surface area contributed by atoms with Gasteiger partial charge in [0.2, 0.25) is 0 Å². The van der Waals surface area contributed by atoms with Crippen LogP contribution in [-0.2, 0) is 4.74 Å². The van der Waals surface area contributed by atoms with Crippen molar-refractivity contribution in [1.82, 2.24) is 4.90 Å². The Morgan fingerprint density at radius 2 is 2.14 bits per heavy atom. The summed E-state index contributed by atoms with van der Waals surface area (Å²) in [5.74, 6) is 0.754. The molecule has 1 saturated carbocycles. The van der Waals surface area contributed by atoms with E-state index >= 15 is 0 Å². The van der Waals surface area contributed by atoms with E-state index in [9.17, 15) is 0 Å². The van der Waals surface area contributed by atoms with Gasteiger partial charge in [0.25, 0.3) is 0 Å². The van der Waals surface area contributed by atoms with Crippen molar-refractivity contribution in [2.24, 2.45) is 11.7 Å². The molecule has 1 aliphatic rings. The fourth-order valence-corrected chi connectivity index (χ4v) is 2.35. The molecule has 1 rings (SSSR count). The van der Waals surface area contributed by atoms with Gasteiger partial charge in [-0.1, -0.05) is 6.92 Å². The minimum Gasteiger partial charge on any atom is -0.383 e. The Morgan fingerprint density at radius 3 is 2.50 bits per heavy atom. The zero-order valence-corrected chi connectivity index (χ0v) is 9.75. The quantitative estimate of drug-likeness (QED) is 0.668. The van der Waals surface area contributed by atoms with Crippen LogP contribution in [0.15, 0.2) is 0 Å². The molecule has 0 aromatic carbocycles. The van der Waals surface area contributed by atoms with Crippen molar-refractivity contribution in [3.8, 4) is 0 Å². The topological polar surface area (TPSA) is 38.5 Å². The molecular weight excluding hydrogens is 176 g/mol. The lowest BCUT2D eigenvalue weighted by Gasteiger charge is -2.41. The predicted molar refractivity (Wildman–Crippen MR) is 59.3 cm³/mol. The Balaban J connectivity index is 2.65. The second-order valence-electron chi connectivity index (χ2n) is 4.44. The fourth-order valence-electron chi connectivity index (χ4n) is 2.35. The fraction of sp³-hybridized carbons (Fsp3) is 1.00. The van der Waals surface area contributed by atoms with Gasteiger partial charge in [0.15, 0.2) is 0 Å². The van der Waals surface area contributed by atoms with Crippen molar-refractivity contribution in [3.63, 3.8) is 0 Å². The lowest BCUT2D eigenvalue weighted by Crippen LogP contribution is -2.57. The summed E-state index contributed by atoms with van der Waals surface area (Å²) >= 11 is 0. The third-order valence-electron chi connectivity index (χ3n) is 3.40. The lowest BCUT2D eigenvalue weighted by molar-refractivity contribution is 0.0152. The molecule has 2 N–H and O–H groups in total. The Labute approximate surface area is 87.6 Å². The van der Waals surface area contributed by atoms with Crippen molar-refractivity contribution in [1.29, 1.82) is 0 Å². The molecule has 0 aromatic rings. The predicted octanol–water partition coefficient (Wildman–Crippen LogP) is 1.08. The van der Waals surface area contributed by atoms with Gasteiger partial charge >= 0.3 is 0 Å². The van der Waals surface area contributed by atoms with Crippen LogP contribution < -0.4 is 5.73 Å². The minimum atomic E-state index is 0.102. The van der Waals surface area contributed by atoms with Gasteiger partial charge in [-0.3, -0.25) is 4.90 Å². The maximum absolute atomic E-state index is 5.94. The Bertz CT molecular complexity index is 171. The number of ether oxygens (including phenoxy) is 1.